The van der Waals surface area contributed by atoms with Gasteiger partial charge in [0, 0.05) is 23.3 Å². The predicted molar refractivity (Wildman–Crippen MR) is 107 cm³/mol. The molecule has 3 rings (SSSR count). The fourth-order valence-corrected chi connectivity index (χ4v) is 3.66. The Labute approximate surface area is 153 Å². The number of aryl methyl sites for hydroxylation is 5. The number of nitrogens with one attached hydrogen (secondary N) is 1. The van der Waals surface area contributed by atoms with Crippen molar-refractivity contribution in [2.24, 2.45) is 0 Å². The minimum atomic E-state index is -0.107. The average Bonchev–Trinajstić information content (AvgIpc) is 2.53. The summed E-state index contributed by atoms with van der Waals surface area (Å²) in [5.41, 5.74) is 6.92. The standard InChI is InChI=1S/C22H24N2O2/c1-13-9-16(4)22(17(5)10-13)23-20(26)12-24-7-6-19(25)21-15(3)8-14(2)11-18(21)24/h6-11H,12H2,1-5H3,(H,23,26). The van der Waals surface area contributed by atoms with Crippen LogP contribution in [-0.2, 0) is 11.3 Å². The van der Waals surface area contributed by atoms with E-state index in [9.17, 15) is 9.59 Å². The van der Waals surface area contributed by atoms with Gasteiger partial charge in [-0.05, 0) is 62.9 Å². The lowest BCUT2D eigenvalue weighted by molar-refractivity contribution is -0.116. The molecule has 4 heteroatoms. The number of nitrogens with zero attached hydrogens (tertiary/aromatic N) is 1. The number of pyridine rings is 1. The molecule has 0 aliphatic carbocycles. The van der Waals surface area contributed by atoms with E-state index in [2.05, 4.69) is 17.4 Å². The molecule has 0 aliphatic rings. The van der Waals surface area contributed by atoms with Crippen LogP contribution < -0.4 is 10.7 Å². The second kappa shape index (κ2) is 6.79. The van der Waals surface area contributed by atoms with E-state index in [1.54, 1.807) is 6.20 Å². The molecule has 0 saturated heterocycles. The van der Waals surface area contributed by atoms with Gasteiger partial charge in [-0.3, -0.25) is 9.59 Å². The van der Waals surface area contributed by atoms with Gasteiger partial charge >= 0.3 is 0 Å². The van der Waals surface area contributed by atoms with Gasteiger partial charge in [0.15, 0.2) is 5.43 Å². The van der Waals surface area contributed by atoms with E-state index >= 15 is 0 Å². The van der Waals surface area contributed by atoms with Gasteiger partial charge in [0.05, 0.1) is 5.52 Å². The van der Waals surface area contributed by atoms with Crippen LogP contribution in [0.5, 0.6) is 0 Å². The molecule has 0 bridgehead atoms. The molecule has 3 aromatic rings. The van der Waals surface area contributed by atoms with Crippen LogP contribution >= 0.6 is 0 Å². The number of benzene rings is 2. The smallest absolute Gasteiger partial charge is 0.244 e. The molecule has 0 saturated carbocycles. The third-order valence-electron chi connectivity index (χ3n) is 4.68. The van der Waals surface area contributed by atoms with Crippen molar-refractivity contribution in [1.29, 1.82) is 0 Å². The van der Waals surface area contributed by atoms with E-state index in [1.807, 2.05) is 51.3 Å². The van der Waals surface area contributed by atoms with Crippen molar-refractivity contribution in [3.8, 4) is 0 Å². The summed E-state index contributed by atoms with van der Waals surface area (Å²) < 4.78 is 1.84. The Kier molecular flexibility index (Phi) is 4.68. The van der Waals surface area contributed by atoms with E-state index in [1.165, 1.54) is 11.6 Å². The van der Waals surface area contributed by atoms with E-state index < -0.39 is 0 Å². The minimum absolute atomic E-state index is 0.0145. The van der Waals surface area contributed by atoms with Crippen LogP contribution in [0.4, 0.5) is 5.69 Å². The molecule has 0 atom stereocenters. The monoisotopic (exact) mass is 348 g/mol. The van der Waals surface area contributed by atoms with E-state index in [-0.39, 0.29) is 17.9 Å². The van der Waals surface area contributed by atoms with Gasteiger partial charge in [-0.2, -0.15) is 0 Å². The Morgan fingerprint density at radius 3 is 2.15 bits per heavy atom. The van der Waals surface area contributed by atoms with Crippen molar-refractivity contribution in [3.63, 3.8) is 0 Å². The topological polar surface area (TPSA) is 51.1 Å². The molecule has 0 spiro atoms. The molecular weight excluding hydrogens is 324 g/mol. The maximum Gasteiger partial charge on any atom is 0.244 e. The number of carbonyl (C=O) groups is 1. The van der Waals surface area contributed by atoms with Crippen LogP contribution in [0.25, 0.3) is 10.9 Å². The first-order valence-corrected chi connectivity index (χ1v) is 8.74. The first-order chi connectivity index (χ1) is 12.3. The number of amides is 1. The fraction of sp³-hybridized carbons (Fsp3) is 0.273. The Morgan fingerprint density at radius 1 is 0.923 bits per heavy atom. The van der Waals surface area contributed by atoms with Crippen molar-refractivity contribution in [3.05, 3.63) is 74.6 Å². The predicted octanol–water partition coefficient (Wildman–Crippen LogP) is 4.18. The number of hydrogen-bond acceptors (Lipinski definition) is 2. The Hall–Kier alpha value is -2.88. The normalized spacial score (nSPS) is 11.0. The Morgan fingerprint density at radius 2 is 1.50 bits per heavy atom. The highest BCUT2D eigenvalue weighted by Crippen LogP contribution is 2.22. The Balaban J connectivity index is 1.96. The third-order valence-corrected chi connectivity index (χ3v) is 4.68. The summed E-state index contributed by atoms with van der Waals surface area (Å²) in [5, 5.41) is 3.70. The van der Waals surface area contributed by atoms with Crippen LogP contribution in [0, 0.1) is 34.6 Å². The van der Waals surface area contributed by atoms with Crippen molar-refractivity contribution < 1.29 is 4.79 Å². The zero-order valence-corrected chi connectivity index (χ0v) is 15.9. The van der Waals surface area contributed by atoms with Crippen LogP contribution in [-0.4, -0.2) is 10.5 Å². The Bertz CT molecular complexity index is 1050. The second-order valence-electron chi connectivity index (χ2n) is 7.11. The number of anilines is 1. The van der Waals surface area contributed by atoms with Crippen LogP contribution in [0.15, 0.2) is 41.3 Å². The number of hydrogen-bond donors (Lipinski definition) is 1. The molecule has 2 aromatic carbocycles. The molecule has 134 valence electrons. The quantitative estimate of drug-likeness (QED) is 0.772. The zero-order valence-electron chi connectivity index (χ0n) is 15.9. The van der Waals surface area contributed by atoms with Crippen molar-refractivity contribution in [2.75, 3.05) is 5.32 Å². The van der Waals surface area contributed by atoms with Gasteiger partial charge in [0.1, 0.15) is 6.54 Å². The summed E-state index contributed by atoms with van der Waals surface area (Å²) in [6, 6.07) is 9.60. The molecule has 1 heterocycles. The molecule has 4 nitrogen and oxygen atoms in total. The van der Waals surface area contributed by atoms with E-state index in [0.717, 1.165) is 33.5 Å². The third kappa shape index (κ3) is 3.40. The van der Waals surface area contributed by atoms with Gasteiger partial charge in [-0.25, -0.2) is 0 Å². The maximum absolute atomic E-state index is 12.7. The second-order valence-corrected chi connectivity index (χ2v) is 7.11. The number of fused-ring (bicyclic) bond motifs is 1. The molecule has 26 heavy (non-hydrogen) atoms. The van der Waals surface area contributed by atoms with Gasteiger partial charge < -0.3 is 9.88 Å². The molecule has 1 N–H and O–H groups in total. The first-order valence-electron chi connectivity index (χ1n) is 8.74. The lowest BCUT2D eigenvalue weighted by Crippen LogP contribution is -2.21. The van der Waals surface area contributed by atoms with Crippen LogP contribution in [0.1, 0.15) is 27.8 Å². The lowest BCUT2D eigenvalue weighted by atomic mass is 10.0. The fourth-order valence-electron chi connectivity index (χ4n) is 3.66. The van der Waals surface area contributed by atoms with Crippen LogP contribution in [0.2, 0.25) is 0 Å². The summed E-state index contributed by atoms with van der Waals surface area (Å²) >= 11 is 0. The molecule has 1 amide bonds. The molecule has 1 aromatic heterocycles. The van der Waals surface area contributed by atoms with Gasteiger partial charge in [-0.15, -0.1) is 0 Å². The van der Waals surface area contributed by atoms with Gasteiger partial charge in [-0.1, -0.05) is 23.8 Å². The first kappa shape index (κ1) is 17.9. The minimum Gasteiger partial charge on any atom is -0.338 e. The molecule has 0 aliphatic heterocycles. The molecule has 0 radical (unpaired) electrons. The van der Waals surface area contributed by atoms with Gasteiger partial charge in [0.25, 0.3) is 0 Å². The summed E-state index contributed by atoms with van der Waals surface area (Å²) in [5.74, 6) is -0.107. The van der Waals surface area contributed by atoms with E-state index in [0.29, 0.717) is 5.39 Å². The largest absolute Gasteiger partial charge is 0.338 e. The highest BCUT2D eigenvalue weighted by Gasteiger charge is 2.12. The summed E-state index contributed by atoms with van der Waals surface area (Å²) in [7, 11) is 0. The molecular formula is C22H24N2O2. The highest BCUT2D eigenvalue weighted by atomic mass is 16.2. The maximum atomic E-state index is 12.7. The van der Waals surface area contributed by atoms with Crippen molar-refractivity contribution >= 4 is 22.5 Å². The average molecular weight is 348 g/mol. The number of aromatic nitrogens is 1. The SMILES string of the molecule is Cc1cc(C)c(NC(=O)Cn2ccc(=O)c3c(C)cc(C)cc32)c(C)c1. The summed E-state index contributed by atoms with van der Waals surface area (Å²) in [6.07, 6.45) is 1.69. The van der Waals surface area contributed by atoms with E-state index in [4.69, 9.17) is 0 Å². The zero-order chi connectivity index (χ0) is 19.0. The van der Waals surface area contributed by atoms with Crippen molar-refractivity contribution in [2.45, 2.75) is 41.2 Å². The van der Waals surface area contributed by atoms with Gasteiger partial charge in [0.2, 0.25) is 5.91 Å². The number of rotatable bonds is 3. The lowest BCUT2D eigenvalue weighted by Gasteiger charge is -2.15. The molecule has 0 unspecified atom stereocenters. The highest BCUT2D eigenvalue weighted by molar-refractivity contribution is 5.93. The molecule has 0 fully saturated rings. The van der Waals surface area contributed by atoms with Crippen LogP contribution in [0.3, 0.4) is 0 Å². The summed E-state index contributed by atoms with van der Waals surface area (Å²) in [6.45, 7) is 10.1. The summed E-state index contributed by atoms with van der Waals surface area (Å²) in [4.78, 5) is 24.9. The van der Waals surface area contributed by atoms with Crippen molar-refractivity contribution in [1.82, 2.24) is 4.57 Å². The number of carbonyl (C=O) groups excluding carboxylic acids is 1.